The third-order valence-corrected chi connectivity index (χ3v) is 7.81. The molecule has 2 aromatic heterocycles. The Balaban J connectivity index is 1.21. The van der Waals surface area contributed by atoms with Crippen molar-refractivity contribution in [2.75, 3.05) is 39.0 Å². The molecular formula is C27H34F2N8O. The zero-order chi connectivity index (χ0) is 26.8. The van der Waals surface area contributed by atoms with Crippen LogP contribution in [0, 0.1) is 17.6 Å². The number of fused-ring (bicyclic) bond motifs is 1. The highest BCUT2D eigenvalue weighted by Crippen LogP contribution is 2.32. The summed E-state index contributed by atoms with van der Waals surface area (Å²) in [6, 6.07) is 2.45. The lowest BCUT2D eigenvalue weighted by Crippen LogP contribution is -2.45. The second-order valence-corrected chi connectivity index (χ2v) is 10.3. The minimum absolute atomic E-state index is 0.0237. The summed E-state index contributed by atoms with van der Waals surface area (Å²) in [5, 5.41) is 0. The molecule has 2 fully saturated rings. The summed E-state index contributed by atoms with van der Waals surface area (Å²) in [6.45, 7) is 5.64. The van der Waals surface area contributed by atoms with Crippen molar-refractivity contribution in [3.8, 4) is 0 Å². The number of likely N-dealkylation sites (tertiary alicyclic amines) is 2. The number of benzene rings is 1. The van der Waals surface area contributed by atoms with Crippen LogP contribution < -0.4 is 5.73 Å². The lowest BCUT2D eigenvalue weighted by atomic mass is 9.93. The van der Waals surface area contributed by atoms with Crippen LogP contribution in [0.1, 0.15) is 50.0 Å². The number of piperidine rings is 2. The molecule has 1 aromatic carbocycles. The molecule has 38 heavy (non-hydrogen) atoms. The van der Waals surface area contributed by atoms with Crippen molar-refractivity contribution in [2.24, 2.45) is 10.9 Å². The molecule has 0 saturated carbocycles. The van der Waals surface area contributed by atoms with E-state index in [4.69, 9.17) is 5.73 Å². The number of aliphatic imine (C=N–C) groups is 1. The molecule has 2 saturated heterocycles. The predicted molar refractivity (Wildman–Crippen MR) is 142 cm³/mol. The molecule has 2 N–H and O–H groups in total. The maximum atomic E-state index is 14.2. The molecule has 0 bridgehead atoms. The largest absolute Gasteiger partial charge is 0.368 e. The zero-order valence-electron chi connectivity index (χ0n) is 21.9. The van der Waals surface area contributed by atoms with Gasteiger partial charge in [0.15, 0.2) is 11.6 Å². The number of amides is 1. The van der Waals surface area contributed by atoms with Crippen LogP contribution in [-0.2, 0) is 17.8 Å². The Labute approximate surface area is 220 Å². The number of rotatable bonds is 6. The number of carbonyl (C=O) groups excluding carboxylic acids is 1. The molecular weight excluding hydrogens is 490 g/mol. The SMILES string of the molecule is CN=C(C)Cc1nc2cc(F)c(F)cc2n1C1CCN(C(=O)C2CCN(Cc3cnc(N)nc3)CC2)CC1. The van der Waals surface area contributed by atoms with Crippen molar-refractivity contribution < 1.29 is 13.6 Å². The first-order valence-corrected chi connectivity index (χ1v) is 13.2. The number of carbonyl (C=O) groups is 1. The van der Waals surface area contributed by atoms with Gasteiger partial charge in [-0.3, -0.25) is 14.7 Å². The molecule has 2 aliphatic heterocycles. The summed E-state index contributed by atoms with van der Waals surface area (Å²) in [7, 11) is 1.72. The van der Waals surface area contributed by atoms with Crippen molar-refractivity contribution in [2.45, 2.75) is 51.6 Å². The van der Waals surface area contributed by atoms with E-state index in [1.807, 2.05) is 16.4 Å². The van der Waals surface area contributed by atoms with Gasteiger partial charge >= 0.3 is 0 Å². The second-order valence-electron chi connectivity index (χ2n) is 10.3. The number of imidazole rings is 1. The molecule has 0 spiro atoms. The summed E-state index contributed by atoms with van der Waals surface area (Å²) < 4.78 is 30.1. The predicted octanol–water partition coefficient (Wildman–Crippen LogP) is 3.40. The number of nitrogens with zero attached hydrogens (tertiary/aromatic N) is 7. The van der Waals surface area contributed by atoms with Crippen LogP contribution >= 0.6 is 0 Å². The molecule has 1 amide bonds. The van der Waals surface area contributed by atoms with E-state index in [0.29, 0.717) is 30.5 Å². The van der Waals surface area contributed by atoms with Crippen LogP contribution in [0.25, 0.3) is 11.0 Å². The number of anilines is 1. The number of hydrogen-bond acceptors (Lipinski definition) is 7. The molecule has 0 radical (unpaired) electrons. The first kappa shape index (κ1) is 26.1. The molecule has 0 unspecified atom stereocenters. The smallest absolute Gasteiger partial charge is 0.225 e. The normalized spacial score (nSPS) is 18.4. The zero-order valence-corrected chi connectivity index (χ0v) is 21.9. The van der Waals surface area contributed by atoms with Gasteiger partial charge in [0.1, 0.15) is 5.82 Å². The minimum Gasteiger partial charge on any atom is -0.368 e. The van der Waals surface area contributed by atoms with E-state index in [9.17, 15) is 13.6 Å². The van der Waals surface area contributed by atoms with E-state index in [1.165, 1.54) is 6.07 Å². The lowest BCUT2D eigenvalue weighted by Gasteiger charge is -2.38. The van der Waals surface area contributed by atoms with E-state index in [1.54, 1.807) is 19.4 Å². The van der Waals surface area contributed by atoms with Crippen molar-refractivity contribution in [1.29, 1.82) is 0 Å². The standard InChI is InChI=1S/C27H34F2N8O/c1-17(31-2)11-25-34-23-12-21(28)22(29)13-24(23)37(25)20-5-9-36(10-6-20)26(38)19-3-7-35(8-4-19)16-18-14-32-27(30)33-15-18/h12-15,19-20H,3-11,16H2,1-2H3,(H2,30,32,33). The number of aromatic nitrogens is 4. The molecule has 11 heteroatoms. The number of nitrogens with two attached hydrogens (primary N) is 1. The number of nitrogen functional groups attached to an aromatic ring is 1. The van der Waals surface area contributed by atoms with E-state index in [-0.39, 0.29) is 23.8 Å². The van der Waals surface area contributed by atoms with Crippen molar-refractivity contribution in [3.05, 3.63) is 47.5 Å². The Bertz CT molecular complexity index is 1320. The monoisotopic (exact) mass is 524 g/mol. The topological polar surface area (TPSA) is 106 Å². The molecule has 202 valence electrons. The molecule has 2 aliphatic rings. The van der Waals surface area contributed by atoms with E-state index in [0.717, 1.165) is 68.5 Å². The molecule has 5 rings (SSSR count). The van der Waals surface area contributed by atoms with E-state index < -0.39 is 11.6 Å². The highest BCUT2D eigenvalue weighted by Gasteiger charge is 2.32. The van der Waals surface area contributed by atoms with Gasteiger partial charge < -0.3 is 15.2 Å². The fourth-order valence-electron chi connectivity index (χ4n) is 5.63. The summed E-state index contributed by atoms with van der Waals surface area (Å²) in [5.41, 5.74) is 8.51. The average Bonchev–Trinajstić information content (AvgIpc) is 3.26. The highest BCUT2D eigenvalue weighted by molar-refractivity contribution is 5.85. The average molecular weight is 525 g/mol. The summed E-state index contributed by atoms with van der Waals surface area (Å²) in [5.74, 6) is -0.522. The summed E-state index contributed by atoms with van der Waals surface area (Å²) in [6.07, 6.45) is 7.13. The van der Waals surface area contributed by atoms with Gasteiger partial charge in [0, 0.05) is 80.9 Å². The van der Waals surface area contributed by atoms with Crippen LogP contribution in [0.3, 0.4) is 0 Å². The van der Waals surface area contributed by atoms with Crippen LogP contribution in [0.4, 0.5) is 14.7 Å². The molecule has 4 heterocycles. The molecule has 3 aromatic rings. The van der Waals surface area contributed by atoms with Crippen LogP contribution in [0.2, 0.25) is 0 Å². The van der Waals surface area contributed by atoms with E-state index >= 15 is 0 Å². The van der Waals surface area contributed by atoms with Gasteiger partial charge in [-0.25, -0.2) is 23.7 Å². The second kappa shape index (κ2) is 11.1. The number of halogens is 2. The Morgan fingerprint density at radius 3 is 2.37 bits per heavy atom. The van der Waals surface area contributed by atoms with E-state index in [2.05, 4.69) is 24.8 Å². The summed E-state index contributed by atoms with van der Waals surface area (Å²) in [4.78, 5) is 34.6. The first-order chi connectivity index (χ1) is 18.3. The van der Waals surface area contributed by atoms with Crippen molar-refractivity contribution in [1.82, 2.24) is 29.3 Å². The fraction of sp³-hybridized carbons (Fsp3) is 0.519. The van der Waals surface area contributed by atoms with Gasteiger partial charge in [-0.2, -0.15) is 0 Å². The number of hydrogen-bond donors (Lipinski definition) is 1. The maximum Gasteiger partial charge on any atom is 0.225 e. The minimum atomic E-state index is -0.900. The van der Waals surface area contributed by atoms with Gasteiger partial charge in [-0.15, -0.1) is 0 Å². The third kappa shape index (κ3) is 5.52. The van der Waals surface area contributed by atoms with Crippen molar-refractivity contribution >= 4 is 28.6 Å². The molecule has 0 aliphatic carbocycles. The third-order valence-electron chi connectivity index (χ3n) is 7.81. The fourth-order valence-corrected chi connectivity index (χ4v) is 5.63. The van der Waals surface area contributed by atoms with Gasteiger partial charge in [-0.05, 0) is 45.7 Å². The Hall–Kier alpha value is -3.47. The molecule has 9 nitrogen and oxygen atoms in total. The van der Waals surface area contributed by atoms with Crippen LogP contribution in [0.5, 0.6) is 0 Å². The van der Waals surface area contributed by atoms with Crippen LogP contribution in [-0.4, -0.2) is 74.2 Å². The lowest BCUT2D eigenvalue weighted by molar-refractivity contribution is -0.138. The maximum absolute atomic E-state index is 14.2. The van der Waals surface area contributed by atoms with Gasteiger partial charge in [0.25, 0.3) is 0 Å². The first-order valence-electron chi connectivity index (χ1n) is 13.2. The van der Waals surface area contributed by atoms with Crippen molar-refractivity contribution in [3.63, 3.8) is 0 Å². The van der Waals surface area contributed by atoms with Gasteiger partial charge in [0.2, 0.25) is 11.9 Å². The Morgan fingerprint density at radius 2 is 1.71 bits per heavy atom. The Kier molecular flexibility index (Phi) is 7.64. The quantitative estimate of drug-likeness (QED) is 0.496. The Morgan fingerprint density at radius 1 is 1.05 bits per heavy atom. The highest BCUT2D eigenvalue weighted by atomic mass is 19.2. The molecule has 0 atom stereocenters. The van der Waals surface area contributed by atoms with Gasteiger partial charge in [0.05, 0.1) is 11.0 Å². The summed E-state index contributed by atoms with van der Waals surface area (Å²) >= 11 is 0. The van der Waals surface area contributed by atoms with Crippen LogP contribution in [0.15, 0.2) is 29.5 Å². The van der Waals surface area contributed by atoms with Gasteiger partial charge in [-0.1, -0.05) is 0 Å².